The highest BCUT2D eigenvalue weighted by atomic mass is 16.5. The molecule has 0 radical (unpaired) electrons. The number of hydrogen-bond acceptors (Lipinski definition) is 5. The summed E-state index contributed by atoms with van der Waals surface area (Å²) in [6.07, 6.45) is 1.57. The van der Waals surface area contributed by atoms with Crippen molar-refractivity contribution < 1.29 is 9.53 Å². The summed E-state index contributed by atoms with van der Waals surface area (Å²) in [5, 5.41) is 7.25. The summed E-state index contributed by atoms with van der Waals surface area (Å²) >= 11 is 0. The van der Waals surface area contributed by atoms with E-state index in [1.807, 2.05) is 57.2 Å². The van der Waals surface area contributed by atoms with Gasteiger partial charge < -0.3 is 10.1 Å². The van der Waals surface area contributed by atoms with E-state index in [4.69, 9.17) is 4.74 Å². The zero-order valence-electron chi connectivity index (χ0n) is 17.0. The molecule has 1 N–H and O–H groups in total. The third kappa shape index (κ3) is 4.20. The van der Waals surface area contributed by atoms with Crippen molar-refractivity contribution in [1.82, 2.24) is 19.7 Å². The van der Waals surface area contributed by atoms with Crippen LogP contribution in [0.3, 0.4) is 0 Å². The highest BCUT2D eigenvalue weighted by Gasteiger charge is 2.15. The second-order valence-corrected chi connectivity index (χ2v) is 6.91. The number of ether oxygens (including phenoxy) is 1. The van der Waals surface area contributed by atoms with E-state index in [1.165, 1.54) is 0 Å². The zero-order valence-corrected chi connectivity index (χ0v) is 17.0. The third-order valence-corrected chi connectivity index (χ3v) is 4.52. The number of nitrogens with zero attached hydrogens (tertiary/aromatic N) is 4. The van der Waals surface area contributed by atoms with Crippen molar-refractivity contribution in [2.45, 2.75) is 20.8 Å². The molecule has 0 aliphatic heterocycles. The number of hydrogen-bond donors (Lipinski definition) is 1. The predicted molar refractivity (Wildman–Crippen MR) is 114 cm³/mol. The van der Waals surface area contributed by atoms with Crippen LogP contribution in [-0.4, -0.2) is 25.7 Å². The number of aromatic nitrogens is 4. The van der Waals surface area contributed by atoms with E-state index in [9.17, 15) is 4.79 Å². The van der Waals surface area contributed by atoms with Gasteiger partial charge in [0.05, 0.1) is 23.1 Å². The normalized spacial score (nSPS) is 10.6. The first-order chi connectivity index (χ1) is 14.5. The van der Waals surface area contributed by atoms with Gasteiger partial charge >= 0.3 is 6.01 Å². The maximum atomic E-state index is 12.8. The second-order valence-electron chi connectivity index (χ2n) is 6.91. The first-order valence-electron chi connectivity index (χ1n) is 9.51. The van der Waals surface area contributed by atoms with Crippen LogP contribution in [-0.2, 0) is 0 Å². The Hall–Kier alpha value is -4.00. The molecule has 2 heterocycles. The van der Waals surface area contributed by atoms with Gasteiger partial charge in [-0.2, -0.15) is 5.10 Å². The number of rotatable bonds is 5. The number of amides is 1. The molecule has 0 unspecified atom stereocenters. The topological polar surface area (TPSA) is 81.9 Å². The minimum absolute atomic E-state index is 0.241. The van der Waals surface area contributed by atoms with E-state index in [-0.39, 0.29) is 11.9 Å². The average Bonchev–Trinajstić information content (AvgIpc) is 3.09. The fourth-order valence-corrected chi connectivity index (χ4v) is 3.14. The molecule has 2 aromatic carbocycles. The van der Waals surface area contributed by atoms with Crippen molar-refractivity contribution in [3.8, 4) is 17.4 Å². The Morgan fingerprint density at radius 3 is 2.40 bits per heavy atom. The van der Waals surface area contributed by atoms with Crippen molar-refractivity contribution in [2.75, 3.05) is 5.32 Å². The molecule has 0 aliphatic carbocycles. The van der Waals surface area contributed by atoms with Gasteiger partial charge in [0.2, 0.25) is 0 Å². The minimum atomic E-state index is -0.241. The molecule has 7 nitrogen and oxygen atoms in total. The van der Waals surface area contributed by atoms with Gasteiger partial charge in [0, 0.05) is 23.1 Å². The fourth-order valence-electron chi connectivity index (χ4n) is 3.14. The molecule has 0 bridgehead atoms. The lowest BCUT2D eigenvalue weighted by Crippen LogP contribution is -2.13. The molecule has 0 saturated heterocycles. The van der Waals surface area contributed by atoms with Gasteiger partial charge in [-0.25, -0.2) is 14.6 Å². The summed E-state index contributed by atoms with van der Waals surface area (Å²) in [6, 6.07) is 19.0. The summed E-state index contributed by atoms with van der Waals surface area (Å²) < 4.78 is 7.51. The Kier molecular flexibility index (Phi) is 5.26. The average molecular weight is 399 g/mol. The second kappa shape index (κ2) is 8.16. The van der Waals surface area contributed by atoms with Crippen LogP contribution in [0.4, 0.5) is 5.69 Å². The van der Waals surface area contributed by atoms with Crippen LogP contribution < -0.4 is 10.1 Å². The Morgan fingerprint density at radius 1 is 0.933 bits per heavy atom. The molecule has 150 valence electrons. The highest BCUT2D eigenvalue weighted by Crippen LogP contribution is 2.23. The molecular formula is C23H21N5O2. The van der Waals surface area contributed by atoms with Gasteiger partial charge in [0.1, 0.15) is 5.75 Å². The van der Waals surface area contributed by atoms with Gasteiger partial charge in [0.25, 0.3) is 5.91 Å². The molecule has 0 atom stereocenters. The van der Waals surface area contributed by atoms with Gasteiger partial charge in [-0.15, -0.1) is 0 Å². The summed E-state index contributed by atoms with van der Waals surface area (Å²) in [7, 11) is 0. The van der Waals surface area contributed by atoms with Crippen LogP contribution >= 0.6 is 0 Å². The number of nitrogens with one attached hydrogen (secondary N) is 1. The van der Waals surface area contributed by atoms with Gasteiger partial charge in [0.15, 0.2) is 0 Å². The Morgan fingerprint density at radius 2 is 1.67 bits per heavy atom. The quantitative estimate of drug-likeness (QED) is 0.529. The molecule has 30 heavy (non-hydrogen) atoms. The van der Waals surface area contributed by atoms with Crippen LogP contribution in [0.1, 0.15) is 27.4 Å². The Balaban J connectivity index is 1.52. The van der Waals surface area contributed by atoms with Gasteiger partial charge in [-0.3, -0.25) is 4.79 Å². The number of carbonyl (C=O) groups is 1. The molecule has 0 aliphatic rings. The molecule has 2 aromatic heterocycles. The van der Waals surface area contributed by atoms with E-state index in [0.29, 0.717) is 17.0 Å². The zero-order chi connectivity index (χ0) is 21.1. The molecule has 4 rings (SSSR count). The van der Waals surface area contributed by atoms with Crippen molar-refractivity contribution in [2.24, 2.45) is 0 Å². The van der Waals surface area contributed by atoms with E-state index < -0.39 is 0 Å². The Bertz CT molecular complexity index is 1180. The van der Waals surface area contributed by atoms with E-state index >= 15 is 0 Å². The van der Waals surface area contributed by atoms with Crippen LogP contribution in [0.2, 0.25) is 0 Å². The number of anilines is 1. The maximum Gasteiger partial charge on any atom is 0.322 e. The summed E-state index contributed by atoms with van der Waals surface area (Å²) in [5.74, 6) is 0.295. The van der Waals surface area contributed by atoms with E-state index in [0.717, 1.165) is 22.8 Å². The van der Waals surface area contributed by atoms with Crippen molar-refractivity contribution in [3.63, 3.8) is 0 Å². The predicted octanol–water partition coefficient (Wildman–Crippen LogP) is 4.63. The number of benzene rings is 2. The lowest BCUT2D eigenvalue weighted by Gasteiger charge is -2.09. The lowest BCUT2D eigenvalue weighted by atomic mass is 10.2. The molecule has 4 aromatic rings. The molecular weight excluding hydrogens is 378 g/mol. The monoisotopic (exact) mass is 399 g/mol. The molecule has 0 fully saturated rings. The summed E-state index contributed by atoms with van der Waals surface area (Å²) in [4.78, 5) is 21.4. The molecule has 1 amide bonds. The first kappa shape index (κ1) is 19.3. The third-order valence-electron chi connectivity index (χ3n) is 4.52. The van der Waals surface area contributed by atoms with Crippen molar-refractivity contribution >= 4 is 11.6 Å². The number of aryl methyl sites for hydroxylation is 2. The lowest BCUT2D eigenvalue weighted by molar-refractivity contribution is 0.102. The standard InChI is InChI=1S/C23H21N5O2/c1-15-12-16(2)26-23(25-15)30-20-11-7-8-18(13-20)27-22(29)21-14-24-28(17(21)3)19-9-5-4-6-10-19/h4-14H,1-3H3,(H,27,29). The van der Waals surface area contributed by atoms with Crippen LogP contribution in [0.15, 0.2) is 66.9 Å². The van der Waals surface area contributed by atoms with Gasteiger partial charge in [-0.05, 0) is 51.1 Å². The smallest absolute Gasteiger partial charge is 0.322 e. The van der Waals surface area contributed by atoms with Crippen LogP contribution in [0, 0.1) is 20.8 Å². The fraction of sp³-hybridized carbons (Fsp3) is 0.130. The van der Waals surface area contributed by atoms with E-state index in [2.05, 4.69) is 20.4 Å². The number of carbonyl (C=O) groups excluding carboxylic acids is 1. The van der Waals surface area contributed by atoms with Crippen LogP contribution in [0.5, 0.6) is 11.8 Å². The van der Waals surface area contributed by atoms with Crippen molar-refractivity contribution in [3.05, 3.63) is 89.5 Å². The van der Waals surface area contributed by atoms with Crippen molar-refractivity contribution in [1.29, 1.82) is 0 Å². The minimum Gasteiger partial charge on any atom is -0.424 e. The Labute approximate surface area is 174 Å². The summed E-state index contributed by atoms with van der Waals surface area (Å²) in [5.41, 5.74) is 4.42. The SMILES string of the molecule is Cc1cc(C)nc(Oc2cccc(NC(=O)c3cnn(-c4ccccc4)c3C)c2)n1. The summed E-state index contributed by atoms with van der Waals surface area (Å²) in [6.45, 7) is 5.64. The highest BCUT2D eigenvalue weighted by molar-refractivity contribution is 6.05. The number of para-hydroxylation sites is 1. The van der Waals surface area contributed by atoms with Crippen LogP contribution in [0.25, 0.3) is 5.69 Å². The molecule has 0 spiro atoms. The van der Waals surface area contributed by atoms with E-state index in [1.54, 1.807) is 35.1 Å². The van der Waals surface area contributed by atoms with Gasteiger partial charge in [-0.1, -0.05) is 24.3 Å². The largest absolute Gasteiger partial charge is 0.424 e. The maximum absolute atomic E-state index is 12.8. The molecule has 0 saturated carbocycles. The molecule has 7 heteroatoms. The first-order valence-corrected chi connectivity index (χ1v) is 9.51.